The first-order valence-corrected chi connectivity index (χ1v) is 6.67. The third-order valence-corrected chi connectivity index (χ3v) is 3.44. The van der Waals surface area contributed by atoms with Gasteiger partial charge in [-0.25, -0.2) is 15.0 Å². The first kappa shape index (κ1) is 12.5. The lowest BCUT2D eigenvalue weighted by Gasteiger charge is -2.02. The molecule has 3 aromatic heterocycles. The van der Waals surface area contributed by atoms with Crippen molar-refractivity contribution < 1.29 is 4.74 Å². The predicted octanol–water partition coefficient (Wildman–Crippen LogP) is 2.75. The summed E-state index contributed by atoms with van der Waals surface area (Å²) in [5, 5.41) is 3.86. The van der Waals surface area contributed by atoms with Crippen molar-refractivity contribution in [2.75, 3.05) is 12.4 Å². The Hall–Kier alpha value is -2.54. The van der Waals surface area contributed by atoms with Crippen molar-refractivity contribution in [3.05, 3.63) is 43.0 Å². The van der Waals surface area contributed by atoms with Crippen LogP contribution in [-0.4, -0.2) is 27.0 Å². The van der Waals surface area contributed by atoms with E-state index in [-0.39, 0.29) is 0 Å². The standard InChI is InChI=1S/C13H11N5OS/c1-19-12-6-11(16-8-17-12)18-13-15-7-10(20-13)9-4-2-3-5-14-9/h2-8H,1H3,(H,15,16,17,18). The van der Waals surface area contributed by atoms with Crippen molar-refractivity contribution in [1.29, 1.82) is 0 Å². The first-order chi connectivity index (χ1) is 9.85. The second-order valence-corrected chi connectivity index (χ2v) is 4.85. The second-order valence-electron chi connectivity index (χ2n) is 3.82. The number of ether oxygens (including phenoxy) is 1. The average molecular weight is 285 g/mol. The number of hydrogen-bond donors (Lipinski definition) is 1. The fourth-order valence-corrected chi connectivity index (χ4v) is 2.39. The Labute approximate surface area is 119 Å². The number of thiazole rings is 1. The van der Waals surface area contributed by atoms with Crippen molar-refractivity contribution in [2.24, 2.45) is 0 Å². The minimum absolute atomic E-state index is 0.504. The van der Waals surface area contributed by atoms with Crippen LogP contribution in [0.25, 0.3) is 10.6 Å². The Morgan fingerprint density at radius 1 is 1.15 bits per heavy atom. The van der Waals surface area contributed by atoms with Gasteiger partial charge in [0, 0.05) is 18.5 Å². The molecular weight excluding hydrogens is 274 g/mol. The molecule has 7 heteroatoms. The van der Waals surface area contributed by atoms with E-state index < -0.39 is 0 Å². The van der Waals surface area contributed by atoms with E-state index >= 15 is 0 Å². The van der Waals surface area contributed by atoms with Gasteiger partial charge < -0.3 is 10.1 Å². The summed E-state index contributed by atoms with van der Waals surface area (Å²) in [6.45, 7) is 0. The van der Waals surface area contributed by atoms with Crippen LogP contribution >= 0.6 is 11.3 Å². The number of nitrogens with one attached hydrogen (secondary N) is 1. The van der Waals surface area contributed by atoms with E-state index in [0.717, 1.165) is 15.7 Å². The SMILES string of the molecule is COc1cc(Nc2ncc(-c3ccccn3)s2)ncn1. The highest BCUT2D eigenvalue weighted by atomic mass is 32.1. The predicted molar refractivity (Wildman–Crippen MR) is 77.2 cm³/mol. The lowest BCUT2D eigenvalue weighted by Crippen LogP contribution is -1.95. The molecule has 0 amide bonds. The molecular formula is C13H11N5OS. The number of nitrogens with zero attached hydrogens (tertiary/aromatic N) is 4. The molecule has 0 bridgehead atoms. The lowest BCUT2D eigenvalue weighted by atomic mass is 10.3. The van der Waals surface area contributed by atoms with Gasteiger partial charge in [0.15, 0.2) is 5.13 Å². The van der Waals surface area contributed by atoms with Gasteiger partial charge in [0.05, 0.1) is 17.7 Å². The van der Waals surface area contributed by atoms with Crippen LogP contribution in [-0.2, 0) is 0 Å². The number of aromatic nitrogens is 4. The normalized spacial score (nSPS) is 10.2. The highest BCUT2D eigenvalue weighted by Gasteiger charge is 2.06. The van der Waals surface area contributed by atoms with Crippen LogP contribution in [0, 0.1) is 0 Å². The van der Waals surface area contributed by atoms with E-state index in [9.17, 15) is 0 Å². The molecule has 0 saturated carbocycles. The maximum atomic E-state index is 5.05. The van der Waals surface area contributed by atoms with Crippen LogP contribution in [0.1, 0.15) is 0 Å². The fourth-order valence-electron chi connectivity index (χ4n) is 1.59. The van der Waals surface area contributed by atoms with Crippen molar-refractivity contribution >= 4 is 22.3 Å². The Bertz CT molecular complexity index is 701. The topological polar surface area (TPSA) is 72.8 Å². The highest BCUT2D eigenvalue weighted by Crippen LogP contribution is 2.29. The van der Waals surface area contributed by atoms with Crippen LogP contribution < -0.4 is 10.1 Å². The summed E-state index contributed by atoms with van der Waals surface area (Å²) in [6, 6.07) is 7.49. The van der Waals surface area contributed by atoms with Crippen molar-refractivity contribution in [3.8, 4) is 16.5 Å². The molecule has 0 aliphatic heterocycles. The molecule has 0 spiro atoms. The van der Waals surface area contributed by atoms with Crippen LogP contribution in [0.3, 0.4) is 0 Å². The molecule has 0 unspecified atom stereocenters. The first-order valence-electron chi connectivity index (χ1n) is 5.85. The van der Waals surface area contributed by atoms with E-state index in [1.165, 1.54) is 17.7 Å². The summed E-state index contributed by atoms with van der Waals surface area (Å²) >= 11 is 1.51. The largest absolute Gasteiger partial charge is 0.481 e. The van der Waals surface area contributed by atoms with Gasteiger partial charge in [-0.3, -0.25) is 4.98 Å². The third-order valence-electron chi connectivity index (χ3n) is 2.51. The maximum Gasteiger partial charge on any atom is 0.218 e. The van der Waals surface area contributed by atoms with Crippen molar-refractivity contribution in [2.45, 2.75) is 0 Å². The van der Waals surface area contributed by atoms with Gasteiger partial charge in [-0.2, -0.15) is 0 Å². The number of pyridine rings is 1. The van der Waals surface area contributed by atoms with E-state index in [2.05, 4.69) is 25.3 Å². The number of anilines is 2. The summed E-state index contributed by atoms with van der Waals surface area (Å²) < 4.78 is 5.05. The van der Waals surface area contributed by atoms with Gasteiger partial charge in [0.1, 0.15) is 12.1 Å². The Morgan fingerprint density at radius 2 is 2.10 bits per heavy atom. The quantitative estimate of drug-likeness (QED) is 0.794. The molecule has 100 valence electrons. The smallest absolute Gasteiger partial charge is 0.218 e. The van der Waals surface area contributed by atoms with Crippen LogP contribution in [0.4, 0.5) is 10.9 Å². The summed E-state index contributed by atoms with van der Waals surface area (Å²) in [6.07, 6.45) is 4.99. The highest BCUT2D eigenvalue weighted by molar-refractivity contribution is 7.18. The maximum absolute atomic E-state index is 5.05. The van der Waals surface area contributed by atoms with Gasteiger partial charge in [-0.05, 0) is 12.1 Å². The summed E-state index contributed by atoms with van der Waals surface area (Å²) in [7, 11) is 1.56. The zero-order valence-electron chi connectivity index (χ0n) is 10.6. The summed E-state index contributed by atoms with van der Waals surface area (Å²) in [4.78, 5) is 17.7. The molecule has 0 radical (unpaired) electrons. The molecule has 0 aromatic carbocycles. The Balaban J connectivity index is 1.80. The monoisotopic (exact) mass is 285 g/mol. The van der Waals surface area contributed by atoms with E-state index in [0.29, 0.717) is 11.7 Å². The average Bonchev–Trinajstić information content (AvgIpc) is 2.97. The Kier molecular flexibility index (Phi) is 3.51. The molecule has 3 rings (SSSR count). The molecule has 3 aromatic rings. The summed E-state index contributed by atoms with van der Waals surface area (Å²) in [5.41, 5.74) is 0.901. The van der Waals surface area contributed by atoms with E-state index in [1.807, 2.05) is 18.2 Å². The van der Waals surface area contributed by atoms with Gasteiger partial charge >= 0.3 is 0 Å². The molecule has 1 N–H and O–H groups in total. The number of methoxy groups -OCH3 is 1. The van der Waals surface area contributed by atoms with Crippen molar-refractivity contribution in [1.82, 2.24) is 19.9 Å². The number of rotatable bonds is 4. The van der Waals surface area contributed by atoms with Gasteiger partial charge in [0.2, 0.25) is 5.88 Å². The molecule has 6 nitrogen and oxygen atoms in total. The minimum Gasteiger partial charge on any atom is -0.481 e. The molecule has 0 aliphatic rings. The molecule has 0 fully saturated rings. The molecule has 3 heterocycles. The number of hydrogen-bond acceptors (Lipinski definition) is 7. The van der Waals surface area contributed by atoms with Gasteiger partial charge in [-0.1, -0.05) is 17.4 Å². The van der Waals surface area contributed by atoms with E-state index in [4.69, 9.17) is 4.74 Å². The Morgan fingerprint density at radius 3 is 2.90 bits per heavy atom. The van der Waals surface area contributed by atoms with Crippen LogP contribution in [0.2, 0.25) is 0 Å². The van der Waals surface area contributed by atoms with Crippen LogP contribution in [0.15, 0.2) is 43.0 Å². The third kappa shape index (κ3) is 2.72. The fraction of sp³-hybridized carbons (Fsp3) is 0.0769. The van der Waals surface area contributed by atoms with Gasteiger partial charge in [0.25, 0.3) is 0 Å². The summed E-state index contributed by atoms with van der Waals surface area (Å²) in [5.74, 6) is 1.14. The van der Waals surface area contributed by atoms with Gasteiger partial charge in [-0.15, -0.1) is 0 Å². The molecule has 0 saturated heterocycles. The molecule has 0 atom stereocenters. The lowest BCUT2D eigenvalue weighted by molar-refractivity contribution is 0.397. The minimum atomic E-state index is 0.504. The second kappa shape index (κ2) is 5.62. The van der Waals surface area contributed by atoms with Crippen molar-refractivity contribution in [3.63, 3.8) is 0 Å². The van der Waals surface area contributed by atoms with Crippen LogP contribution in [0.5, 0.6) is 5.88 Å². The zero-order valence-corrected chi connectivity index (χ0v) is 11.5. The molecule has 0 aliphatic carbocycles. The zero-order chi connectivity index (χ0) is 13.8. The van der Waals surface area contributed by atoms with E-state index in [1.54, 1.807) is 25.6 Å². The molecule has 20 heavy (non-hydrogen) atoms.